The molecule has 0 radical (unpaired) electrons. The van der Waals surface area contributed by atoms with Gasteiger partial charge in [-0.15, -0.1) is 0 Å². The van der Waals surface area contributed by atoms with Crippen molar-refractivity contribution in [2.24, 2.45) is 5.73 Å². The van der Waals surface area contributed by atoms with E-state index in [0.29, 0.717) is 13.0 Å². The molecule has 0 bridgehead atoms. The minimum atomic E-state index is 0.0170. The second-order valence-corrected chi connectivity index (χ2v) is 4.95. The average Bonchev–Trinajstić information content (AvgIpc) is 2.92. The lowest BCUT2D eigenvalue weighted by Gasteiger charge is -2.15. The van der Waals surface area contributed by atoms with E-state index in [1.807, 2.05) is 11.1 Å². The molecular formula is C14H17N3O. The van der Waals surface area contributed by atoms with Crippen LogP contribution in [0.15, 0.2) is 30.5 Å². The molecule has 0 spiro atoms. The van der Waals surface area contributed by atoms with Gasteiger partial charge in [-0.1, -0.05) is 12.1 Å². The van der Waals surface area contributed by atoms with E-state index in [4.69, 9.17) is 5.73 Å². The largest absolute Gasteiger partial charge is 0.361 e. The first-order valence-corrected chi connectivity index (χ1v) is 6.32. The molecule has 94 valence electrons. The molecule has 1 fully saturated rings. The molecule has 0 aliphatic carbocycles. The highest BCUT2D eigenvalue weighted by molar-refractivity contribution is 5.80. The number of amides is 1. The van der Waals surface area contributed by atoms with E-state index in [0.717, 1.165) is 18.5 Å². The minimum absolute atomic E-state index is 0.0170. The maximum atomic E-state index is 11.6. The van der Waals surface area contributed by atoms with Gasteiger partial charge in [-0.25, -0.2) is 0 Å². The van der Waals surface area contributed by atoms with Gasteiger partial charge in [0.15, 0.2) is 0 Å². The predicted molar refractivity (Wildman–Crippen MR) is 71.2 cm³/mol. The fourth-order valence-corrected chi connectivity index (χ4v) is 2.53. The number of hydrogen-bond acceptors (Lipinski definition) is 2. The third-order valence-electron chi connectivity index (χ3n) is 3.53. The molecule has 1 unspecified atom stereocenters. The molecular weight excluding hydrogens is 226 g/mol. The Morgan fingerprint density at radius 2 is 2.28 bits per heavy atom. The lowest BCUT2D eigenvalue weighted by molar-refractivity contribution is -0.127. The van der Waals surface area contributed by atoms with Gasteiger partial charge in [0.05, 0.1) is 0 Å². The number of aromatic amines is 1. The minimum Gasteiger partial charge on any atom is -0.361 e. The van der Waals surface area contributed by atoms with Crippen molar-refractivity contribution in [3.63, 3.8) is 0 Å². The standard InChI is InChI=1S/C14H17N3O/c15-12-8-14(18)17(9-12)6-4-10-1-2-11-3-5-16-13(11)7-10/h1-3,5,7,12,16H,4,6,8-9,15H2. The number of nitrogens with two attached hydrogens (primary N) is 1. The summed E-state index contributed by atoms with van der Waals surface area (Å²) < 4.78 is 0. The molecule has 3 rings (SSSR count). The highest BCUT2D eigenvalue weighted by Gasteiger charge is 2.26. The highest BCUT2D eigenvalue weighted by Crippen LogP contribution is 2.16. The quantitative estimate of drug-likeness (QED) is 0.852. The Balaban J connectivity index is 1.67. The van der Waals surface area contributed by atoms with E-state index in [2.05, 4.69) is 29.2 Å². The summed E-state index contributed by atoms with van der Waals surface area (Å²) in [6.07, 6.45) is 3.32. The first-order valence-electron chi connectivity index (χ1n) is 6.32. The molecule has 2 aromatic rings. The molecule has 1 aromatic carbocycles. The Morgan fingerprint density at radius 3 is 3.06 bits per heavy atom. The number of carbonyl (C=O) groups excluding carboxylic acids is 1. The molecule has 2 heterocycles. The Labute approximate surface area is 106 Å². The summed E-state index contributed by atoms with van der Waals surface area (Å²) in [6.45, 7) is 1.46. The number of benzene rings is 1. The molecule has 1 amide bonds. The second kappa shape index (κ2) is 4.46. The lowest BCUT2D eigenvalue weighted by atomic mass is 10.1. The first-order chi connectivity index (χ1) is 8.72. The van der Waals surface area contributed by atoms with Crippen molar-refractivity contribution in [3.05, 3.63) is 36.0 Å². The summed E-state index contributed by atoms with van der Waals surface area (Å²) in [5, 5.41) is 1.22. The van der Waals surface area contributed by atoms with Crippen molar-refractivity contribution in [2.45, 2.75) is 18.9 Å². The Bertz CT molecular complexity index is 575. The van der Waals surface area contributed by atoms with E-state index in [-0.39, 0.29) is 11.9 Å². The van der Waals surface area contributed by atoms with Crippen molar-refractivity contribution in [2.75, 3.05) is 13.1 Å². The molecule has 4 heteroatoms. The lowest BCUT2D eigenvalue weighted by Crippen LogP contribution is -2.30. The van der Waals surface area contributed by atoms with Crippen molar-refractivity contribution < 1.29 is 4.79 Å². The normalized spacial score (nSPS) is 19.9. The monoisotopic (exact) mass is 243 g/mol. The first kappa shape index (κ1) is 11.3. The Morgan fingerprint density at radius 1 is 1.39 bits per heavy atom. The second-order valence-electron chi connectivity index (χ2n) is 4.95. The van der Waals surface area contributed by atoms with Crippen LogP contribution in [-0.4, -0.2) is 34.9 Å². The number of likely N-dealkylation sites (tertiary alicyclic amines) is 1. The number of H-pyrrole nitrogens is 1. The van der Waals surface area contributed by atoms with Crippen molar-refractivity contribution in [1.82, 2.24) is 9.88 Å². The number of hydrogen-bond donors (Lipinski definition) is 2. The summed E-state index contributed by atoms with van der Waals surface area (Å²) in [5.41, 5.74) is 8.18. The van der Waals surface area contributed by atoms with E-state index in [1.165, 1.54) is 10.9 Å². The van der Waals surface area contributed by atoms with Crippen LogP contribution in [0.2, 0.25) is 0 Å². The Kier molecular flexibility index (Phi) is 2.80. The molecule has 0 saturated carbocycles. The molecule has 1 saturated heterocycles. The van der Waals surface area contributed by atoms with Crippen LogP contribution in [0.5, 0.6) is 0 Å². The molecule has 18 heavy (non-hydrogen) atoms. The van der Waals surface area contributed by atoms with Crippen LogP contribution in [0.3, 0.4) is 0 Å². The number of nitrogens with one attached hydrogen (secondary N) is 1. The van der Waals surface area contributed by atoms with E-state index < -0.39 is 0 Å². The third kappa shape index (κ3) is 2.11. The fraction of sp³-hybridized carbons (Fsp3) is 0.357. The van der Waals surface area contributed by atoms with Crippen molar-refractivity contribution >= 4 is 16.8 Å². The van der Waals surface area contributed by atoms with Crippen LogP contribution in [0.4, 0.5) is 0 Å². The van der Waals surface area contributed by atoms with Crippen LogP contribution in [0.1, 0.15) is 12.0 Å². The third-order valence-corrected chi connectivity index (χ3v) is 3.53. The van der Waals surface area contributed by atoms with E-state index in [9.17, 15) is 4.79 Å². The predicted octanol–water partition coefficient (Wildman–Crippen LogP) is 1.27. The molecule has 1 atom stereocenters. The van der Waals surface area contributed by atoms with Gasteiger partial charge >= 0.3 is 0 Å². The average molecular weight is 243 g/mol. The zero-order chi connectivity index (χ0) is 12.5. The topological polar surface area (TPSA) is 62.1 Å². The summed E-state index contributed by atoms with van der Waals surface area (Å²) in [4.78, 5) is 16.7. The number of nitrogens with zero attached hydrogens (tertiary/aromatic N) is 1. The molecule has 3 N–H and O–H groups in total. The van der Waals surface area contributed by atoms with E-state index in [1.54, 1.807) is 0 Å². The van der Waals surface area contributed by atoms with Gasteiger partial charge in [0, 0.05) is 37.3 Å². The number of carbonyl (C=O) groups is 1. The summed E-state index contributed by atoms with van der Waals surface area (Å²) in [5.74, 6) is 0.184. The molecule has 4 nitrogen and oxygen atoms in total. The van der Waals surface area contributed by atoms with Gasteiger partial charge in [-0.2, -0.15) is 0 Å². The zero-order valence-electron chi connectivity index (χ0n) is 10.2. The van der Waals surface area contributed by atoms with Gasteiger partial charge in [0.2, 0.25) is 5.91 Å². The smallest absolute Gasteiger partial charge is 0.224 e. The van der Waals surface area contributed by atoms with E-state index >= 15 is 0 Å². The van der Waals surface area contributed by atoms with Crippen molar-refractivity contribution in [3.8, 4) is 0 Å². The zero-order valence-corrected chi connectivity index (χ0v) is 10.2. The maximum Gasteiger partial charge on any atom is 0.224 e. The van der Waals surface area contributed by atoms with Crippen LogP contribution in [-0.2, 0) is 11.2 Å². The Hall–Kier alpha value is -1.81. The van der Waals surface area contributed by atoms with Gasteiger partial charge in [0.25, 0.3) is 0 Å². The van der Waals surface area contributed by atoms with Crippen LogP contribution in [0, 0.1) is 0 Å². The van der Waals surface area contributed by atoms with Gasteiger partial charge in [-0.05, 0) is 29.5 Å². The highest BCUT2D eigenvalue weighted by atomic mass is 16.2. The number of rotatable bonds is 3. The van der Waals surface area contributed by atoms with Gasteiger partial charge in [-0.3, -0.25) is 4.79 Å². The van der Waals surface area contributed by atoms with Gasteiger partial charge in [0.1, 0.15) is 0 Å². The summed E-state index contributed by atoms with van der Waals surface area (Å²) in [6, 6.07) is 8.45. The molecule has 1 aliphatic heterocycles. The number of aromatic nitrogens is 1. The maximum absolute atomic E-state index is 11.6. The fourth-order valence-electron chi connectivity index (χ4n) is 2.53. The number of fused-ring (bicyclic) bond motifs is 1. The van der Waals surface area contributed by atoms with Crippen LogP contribution in [0.25, 0.3) is 10.9 Å². The van der Waals surface area contributed by atoms with Crippen LogP contribution >= 0.6 is 0 Å². The summed E-state index contributed by atoms with van der Waals surface area (Å²) in [7, 11) is 0. The molecule has 1 aliphatic rings. The van der Waals surface area contributed by atoms with Crippen LogP contribution < -0.4 is 5.73 Å². The summed E-state index contributed by atoms with van der Waals surface area (Å²) >= 11 is 0. The SMILES string of the molecule is NC1CC(=O)N(CCc2ccc3cc[nH]c3c2)C1. The molecule has 1 aromatic heterocycles. The van der Waals surface area contributed by atoms with Gasteiger partial charge < -0.3 is 15.6 Å². The van der Waals surface area contributed by atoms with Crippen molar-refractivity contribution in [1.29, 1.82) is 0 Å².